The predicted molar refractivity (Wildman–Crippen MR) is 139 cm³/mol. The molecule has 1 heterocycles. The highest BCUT2D eigenvalue weighted by atomic mass is 32.1. The van der Waals surface area contributed by atoms with Gasteiger partial charge >= 0.3 is 0 Å². The summed E-state index contributed by atoms with van der Waals surface area (Å²) in [5.41, 5.74) is 2.36. The summed E-state index contributed by atoms with van der Waals surface area (Å²) in [4.78, 5) is 1.19. The third kappa shape index (κ3) is 6.90. The zero-order valence-electron chi connectivity index (χ0n) is 19.7. The number of hydrogen-bond acceptors (Lipinski definition) is 6. The molecule has 2 unspecified atom stereocenters. The Balaban J connectivity index is 1.55. The lowest BCUT2D eigenvalue weighted by Crippen LogP contribution is -2.31. The summed E-state index contributed by atoms with van der Waals surface area (Å²) < 4.78 is 1.25. The number of nitrogens with one attached hydrogen (secondary N) is 1. The van der Waals surface area contributed by atoms with Gasteiger partial charge in [0.05, 0.1) is 12.2 Å². The van der Waals surface area contributed by atoms with Crippen molar-refractivity contribution in [2.45, 2.75) is 64.6 Å². The van der Waals surface area contributed by atoms with Gasteiger partial charge in [-0.25, -0.2) is 5.84 Å². The number of allylic oxidation sites excluding steroid dienone is 3. The van der Waals surface area contributed by atoms with Crippen LogP contribution in [0.2, 0.25) is 0 Å². The third-order valence-electron chi connectivity index (χ3n) is 6.67. The number of unbranched alkanes of at least 4 members (excludes halogenated alkanes) is 1. The SMILES string of the molecule is CC1(C)C[C@H](/C=C/C(O)Cc2cc3ccccc3s2)[C@@H](C/C=C\CCC/C(=N/N)NN)C1O. The number of hydrazine groups is 1. The molecule has 0 bridgehead atoms. The number of nitrogens with two attached hydrogens (primary N) is 2. The molecular formula is C26H38N4O2S. The van der Waals surface area contributed by atoms with Crippen molar-refractivity contribution in [3.8, 4) is 0 Å². The summed E-state index contributed by atoms with van der Waals surface area (Å²) in [6.45, 7) is 4.26. The van der Waals surface area contributed by atoms with Crippen molar-refractivity contribution in [2.24, 2.45) is 34.0 Å². The molecule has 2 aromatic rings. The van der Waals surface area contributed by atoms with Crippen LogP contribution in [-0.2, 0) is 6.42 Å². The molecule has 0 spiro atoms. The second-order valence-corrected chi connectivity index (χ2v) is 10.9. The zero-order chi connectivity index (χ0) is 23.8. The second-order valence-electron chi connectivity index (χ2n) is 9.69. The van der Waals surface area contributed by atoms with Crippen LogP contribution >= 0.6 is 11.3 Å². The standard InChI is InChI=1S/C26H38N4O2S/c1-26(2)17-19(22(25(26)32)10-5-3-4-6-12-24(29-27)30-28)13-14-20(31)16-21-15-18-9-7-8-11-23(18)33-21/h3,5,7-9,11,13-15,19-20,22,25,31-32H,4,6,10,12,16-17,27-28H2,1-2H3,(H,29,30)/b5-3-,14-13+/t19-,20?,22+,25?/m0/s1. The molecule has 1 saturated carbocycles. The van der Waals surface area contributed by atoms with E-state index in [0.717, 1.165) is 25.7 Å². The number of thiophene rings is 1. The van der Waals surface area contributed by atoms with Crippen LogP contribution in [0.15, 0.2) is 59.7 Å². The molecule has 1 fully saturated rings. The van der Waals surface area contributed by atoms with E-state index in [9.17, 15) is 10.2 Å². The van der Waals surface area contributed by atoms with Crippen molar-refractivity contribution >= 4 is 27.3 Å². The van der Waals surface area contributed by atoms with Crippen molar-refractivity contribution in [3.63, 3.8) is 0 Å². The van der Waals surface area contributed by atoms with Gasteiger partial charge in [0.15, 0.2) is 0 Å². The van der Waals surface area contributed by atoms with Gasteiger partial charge in [0, 0.05) is 22.4 Å². The van der Waals surface area contributed by atoms with Crippen molar-refractivity contribution in [3.05, 3.63) is 59.5 Å². The lowest BCUT2D eigenvalue weighted by Gasteiger charge is -2.25. The number of rotatable bonds is 10. The van der Waals surface area contributed by atoms with Crippen LogP contribution < -0.4 is 17.1 Å². The highest BCUT2D eigenvalue weighted by Crippen LogP contribution is 2.47. The fraction of sp³-hybridized carbons (Fsp3) is 0.500. The number of hydrazone groups is 1. The van der Waals surface area contributed by atoms with Gasteiger partial charge in [-0.05, 0) is 60.5 Å². The van der Waals surface area contributed by atoms with Gasteiger partial charge < -0.3 is 21.5 Å². The summed E-state index contributed by atoms with van der Waals surface area (Å²) in [6.07, 6.45) is 12.3. The molecule has 0 radical (unpaired) electrons. The molecule has 7 N–H and O–H groups in total. The molecular weight excluding hydrogens is 432 g/mol. The molecule has 7 heteroatoms. The average molecular weight is 471 g/mol. The normalized spacial score (nSPS) is 24.3. The summed E-state index contributed by atoms with van der Waals surface area (Å²) in [6, 6.07) is 10.5. The maximum atomic E-state index is 10.9. The van der Waals surface area contributed by atoms with Crippen molar-refractivity contribution in [1.29, 1.82) is 0 Å². The number of nitrogens with zero attached hydrogens (tertiary/aromatic N) is 1. The molecule has 1 aliphatic rings. The minimum absolute atomic E-state index is 0.136. The first-order chi connectivity index (χ1) is 15.8. The fourth-order valence-electron chi connectivity index (χ4n) is 4.82. The Morgan fingerprint density at radius 1 is 1.33 bits per heavy atom. The van der Waals surface area contributed by atoms with E-state index >= 15 is 0 Å². The van der Waals surface area contributed by atoms with Crippen LogP contribution in [0.4, 0.5) is 0 Å². The monoisotopic (exact) mass is 470 g/mol. The van der Waals surface area contributed by atoms with Gasteiger partial charge in [0.25, 0.3) is 0 Å². The molecule has 4 atom stereocenters. The van der Waals surface area contributed by atoms with Crippen LogP contribution in [0.3, 0.4) is 0 Å². The Morgan fingerprint density at radius 2 is 2.12 bits per heavy atom. The number of fused-ring (bicyclic) bond motifs is 1. The first-order valence-corrected chi connectivity index (χ1v) is 12.6. The van der Waals surface area contributed by atoms with Gasteiger partial charge in [-0.3, -0.25) is 0 Å². The van der Waals surface area contributed by atoms with E-state index in [4.69, 9.17) is 11.7 Å². The lowest BCUT2D eigenvalue weighted by atomic mass is 9.86. The Bertz CT molecular complexity index is 949. The maximum absolute atomic E-state index is 10.9. The smallest absolute Gasteiger partial charge is 0.135 e. The fourth-order valence-corrected chi connectivity index (χ4v) is 5.94. The maximum Gasteiger partial charge on any atom is 0.135 e. The van der Waals surface area contributed by atoms with Gasteiger partial charge in [-0.15, -0.1) is 11.3 Å². The predicted octanol–water partition coefficient (Wildman–Crippen LogP) is 4.24. The van der Waals surface area contributed by atoms with Gasteiger partial charge in [-0.2, -0.15) is 5.10 Å². The first-order valence-electron chi connectivity index (χ1n) is 11.7. The zero-order valence-corrected chi connectivity index (χ0v) is 20.5. The average Bonchev–Trinajstić information content (AvgIpc) is 3.29. The van der Waals surface area contributed by atoms with E-state index in [1.54, 1.807) is 11.3 Å². The first kappa shape index (κ1) is 25.4. The van der Waals surface area contributed by atoms with Crippen molar-refractivity contribution < 1.29 is 10.2 Å². The van der Waals surface area contributed by atoms with E-state index < -0.39 is 6.10 Å². The third-order valence-corrected chi connectivity index (χ3v) is 7.81. The molecule has 3 rings (SSSR count). The molecule has 0 aliphatic heterocycles. The summed E-state index contributed by atoms with van der Waals surface area (Å²) in [7, 11) is 0. The summed E-state index contributed by atoms with van der Waals surface area (Å²) >= 11 is 1.74. The van der Waals surface area contributed by atoms with E-state index in [0.29, 0.717) is 18.7 Å². The van der Waals surface area contributed by atoms with Gasteiger partial charge in [0.1, 0.15) is 5.84 Å². The molecule has 180 valence electrons. The van der Waals surface area contributed by atoms with Gasteiger partial charge in [-0.1, -0.05) is 56.4 Å². The topological polar surface area (TPSA) is 117 Å². The number of hydrogen-bond donors (Lipinski definition) is 5. The van der Waals surface area contributed by atoms with E-state index in [1.807, 2.05) is 18.2 Å². The Labute approximate surface area is 201 Å². The van der Waals surface area contributed by atoms with E-state index in [1.165, 1.54) is 15.0 Å². The second kappa shape index (κ2) is 11.8. The Morgan fingerprint density at radius 3 is 2.85 bits per heavy atom. The number of benzene rings is 1. The summed E-state index contributed by atoms with van der Waals surface area (Å²) in [5.74, 6) is 11.6. The minimum Gasteiger partial charge on any atom is -0.392 e. The molecule has 0 amide bonds. The molecule has 1 aliphatic carbocycles. The van der Waals surface area contributed by atoms with Crippen LogP contribution in [0.1, 0.15) is 50.8 Å². The molecule has 33 heavy (non-hydrogen) atoms. The van der Waals surface area contributed by atoms with Crippen LogP contribution in [0, 0.1) is 17.3 Å². The van der Waals surface area contributed by atoms with Crippen molar-refractivity contribution in [1.82, 2.24) is 5.43 Å². The van der Waals surface area contributed by atoms with E-state index in [2.05, 4.69) is 60.8 Å². The highest BCUT2D eigenvalue weighted by Gasteiger charge is 2.45. The quantitative estimate of drug-likeness (QED) is 0.0889. The number of aliphatic hydroxyl groups is 2. The molecule has 6 nitrogen and oxygen atoms in total. The molecule has 1 aromatic carbocycles. The lowest BCUT2D eigenvalue weighted by molar-refractivity contribution is 0.0450. The minimum atomic E-state index is -0.523. The Kier molecular flexibility index (Phi) is 9.09. The van der Waals surface area contributed by atoms with Crippen LogP contribution in [0.5, 0.6) is 0 Å². The molecule has 1 aromatic heterocycles. The molecule has 0 saturated heterocycles. The summed E-state index contributed by atoms with van der Waals surface area (Å²) in [5, 5.41) is 26.4. The largest absolute Gasteiger partial charge is 0.392 e. The van der Waals surface area contributed by atoms with E-state index in [-0.39, 0.29) is 23.4 Å². The van der Waals surface area contributed by atoms with Gasteiger partial charge in [0.2, 0.25) is 0 Å². The highest BCUT2D eigenvalue weighted by molar-refractivity contribution is 7.19. The number of aliphatic hydroxyl groups excluding tert-OH is 2. The number of amidine groups is 1. The van der Waals surface area contributed by atoms with Crippen LogP contribution in [-0.4, -0.2) is 28.3 Å². The Hall–Kier alpha value is -2.19. The van der Waals surface area contributed by atoms with Crippen molar-refractivity contribution in [2.75, 3.05) is 0 Å². The van der Waals surface area contributed by atoms with Crippen LogP contribution in [0.25, 0.3) is 10.1 Å².